The highest BCUT2D eigenvalue weighted by Gasteiger charge is 2.54. The van der Waals surface area contributed by atoms with E-state index in [1.165, 1.54) is 4.90 Å². The lowest BCUT2D eigenvalue weighted by molar-refractivity contribution is -0.149. The van der Waals surface area contributed by atoms with Crippen molar-refractivity contribution < 1.29 is 24.2 Å². The molecule has 0 spiro atoms. The van der Waals surface area contributed by atoms with E-state index in [-0.39, 0.29) is 6.04 Å². The standard InChI is InChI=1S/C11H17NO5/c1-11(2,3)17-10(15)12-6-4-7(16-5-6)8(12)9(13)14/h6-8H,4-5H2,1-3H3,(H,13,14)/t6-,7-,8+/m1/s1. The second kappa shape index (κ2) is 3.87. The first-order chi connectivity index (χ1) is 7.79. The first-order valence-electron chi connectivity index (χ1n) is 5.65. The summed E-state index contributed by atoms with van der Waals surface area (Å²) < 4.78 is 10.5. The predicted octanol–water partition coefficient (Wildman–Crippen LogP) is 0.848. The van der Waals surface area contributed by atoms with Gasteiger partial charge in [0.05, 0.1) is 18.8 Å². The molecule has 0 saturated carbocycles. The monoisotopic (exact) mass is 243 g/mol. The van der Waals surface area contributed by atoms with Crippen LogP contribution in [0.15, 0.2) is 0 Å². The van der Waals surface area contributed by atoms with Crippen LogP contribution >= 0.6 is 0 Å². The van der Waals surface area contributed by atoms with Crippen LogP contribution < -0.4 is 0 Å². The lowest BCUT2D eigenvalue weighted by atomic mass is 10.2. The number of carboxylic acids is 1. The summed E-state index contributed by atoms with van der Waals surface area (Å²) in [6, 6.07) is -1.08. The van der Waals surface area contributed by atoms with E-state index in [2.05, 4.69) is 0 Å². The molecule has 96 valence electrons. The molecule has 2 aliphatic heterocycles. The highest BCUT2D eigenvalue weighted by atomic mass is 16.6. The van der Waals surface area contributed by atoms with Crippen molar-refractivity contribution in [1.82, 2.24) is 4.90 Å². The Morgan fingerprint density at radius 1 is 1.41 bits per heavy atom. The zero-order valence-electron chi connectivity index (χ0n) is 10.2. The third kappa shape index (κ3) is 2.22. The molecule has 2 rings (SSSR count). The number of hydrogen-bond donors (Lipinski definition) is 1. The summed E-state index contributed by atoms with van der Waals surface area (Å²) >= 11 is 0. The van der Waals surface area contributed by atoms with Gasteiger partial charge < -0.3 is 14.6 Å². The summed E-state index contributed by atoms with van der Waals surface area (Å²) in [6.45, 7) is 5.66. The Labute approximate surface area is 99.5 Å². The minimum absolute atomic E-state index is 0.170. The van der Waals surface area contributed by atoms with Gasteiger partial charge in [-0.25, -0.2) is 9.59 Å². The zero-order valence-corrected chi connectivity index (χ0v) is 10.2. The van der Waals surface area contributed by atoms with Gasteiger partial charge in [-0.1, -0.05) is 0 Å². The van der Waals surface area contributed by atoms with Crippen molar-refractivity contribution in [2.75, 3.05) is 6.61 Å². The average molecular weight is 243 g/mol. The summed E-state index contributed by atoms with van der Waals surface area (Å²) in [4.78, 5) is 24.4. The molecule has 17 heavy (non-hydrogen) atoms. The summed E-state index contributed by atoms with van der Waals surface area (Å²) in [5, 5.41) is 9.12. The molecule has 6 heteroatoms. The van der Waals surface area contributed by atoms with Crippen LogP contribution in [0.3, 0.4) is 0 Å². The maximum atomic E-state index is 12.0. The van der Waals surface area contributed by atoms with Gasteiger partial charge in [-0.3, -0.25) is 4.90 Å². The van der Waals surface area contributed by atoms with Crippen molar-refractivity contribution in [2.24, 2.45) is 0 Å². The molecule has 0 unspecified atom stereocenters. The number of rotatable bonds is 1. The fourth-order valence-electron chi connectivity index (χ4n) is 2.31. The fraction of sp³-hybridized carbons (Fsp3) is 0.818. The van der Waals surface area contributed by atoms with Crippen LogP contribution in [0.2, 0.25) is 0 Å². The maximum Gasteiger partial charge on any atom is 0.411 e. The number of hydrogen-bond acceptors (Lipinski definition) is 4. The van der Waals surface area contributed by atoms with Gasteiger partial charge in [0.2, 0.25) is 0 Å². The minimum Gasteiger partial charge on any atom is -0.480 e. The van der Waals surface area contributed by atoms with E-state index in [1.807, 2.05) is 0 Å². The number of fused-ring (bicyclic) bond motifs is 2. The van der Waals surface area contributed by atoms with Gasteiger partial charge in [0.25, 0.3) is 0 Å². The van der Waals surface area contributed by atoms with Crippen molar-refractivity contribution >= 4 is 12.1 Å². The largest absolute Gasteiger partial charge is 0.480 e. The van der Waals surface area contributed by atoms with Crippen LogP contribution in [0.1, 0.15) is 27.2 Å². The Morgan fingerprint density at radius 2 is 2.06 bits per heavy atom. The Bertz CT molecular complexity index is 348. The third-order valence-electron chi connectivity index (χ3n) is 2.91. The molecule has 2 aliphatic rings. The summed E-state index contributed by atoms with van der Waals surface area (Å²) in [5.41, 5.74) is -0.622. The molecule has 0 aliphatic carbocycles. The molecule has 2 heterocycles. The van der Waals surface area contributed by atoms with Gasteiger partial charge in [-0.05, 0) is 27.2 Å². The minimum atomic E-state index is -1.04. The van der Waals surface area contributed by atoms with Gasteiger partial charge in [-0.2, -0.15) is 0 Å². The van der Waals surface area contributed by atoms with E-state index >= 15 is 0 Å². The summed E-state index contributed by atoms with van der Waals surface area (Å²) in [6.07, 6.45) is -0.387. The van der Waals surface area contributed by atoms with Crippen molar-refractivity contribution in [1.29, 1.82) is 0 Å². The van der Waals surface area contributed by atoms with Gasteiger partial charge in [-0.15, -0.1) is 0 Å². The first-order valence-corrected chi connectivity index (χ1v) is 5.65. The highest BCUT2D eigenvalue weighted by molar-refractivity contribution is 5.82. The van der Waals surface area contributed by atoms with E-state index < -0.39 is 29.8 Å². The van der Waals surface area contributed by atoms with Crippen LogP contribution in [0.25, 0.3) is 0 Å². The molecule has 1 N–H and O–H groups in total. The molecule has 0 aromatic carbocycles. The molecule has 1 amide bonds. The Morgan fingerprint density at radius 3 is 2.59 bits per heavy atom. The second-order valence-corrected chi connectivity index (χ2v) is 5.43. The quantitative estimate of drug-likeness (QED) is 0.738. The Hall–Kier alpha value is -1.30. The van der Waals surface area contributed by atoms with Gasteiger partial charge in [0, 0.05) is 0 Å². The number of morpholine rings is 1. The predicted molar refractivity (Wildman–Crippen MR) is 57.6 cm³/mol. The number of carboxylic acid groups (broad SMARTS) is 1. The zero-order chi connectivity index (χ0) is 12.8. The normalized spacial score (nSPS) is 31.7. The molecule has 2 saturated heterocycles. The third-order valence-corrected chi connectivity index (χ3v) is 2.91. The van der Waals surface area contributed by atoms with Crippen LogP contribution in [0.5, 0.6) is 0 Å². The van der Waals surface area contributed by atoms with E-state index in [4.69, 9.17) is 14.6 Å². The molecular formula is C11H17NO5. The van der Waals surface area contributed by atoms with Crippen molar-refractivity contribution in [2.45, 2.75) is 51.0 Å². The molecule has 0 aromatic heterocycles. The molecule has 2 fully saturated rings. The lowest BCUT2D eigenvalue weighted by Crippen LogP contribution is -2.53. The van der Waals surface area contributed by atoms with Crippen molar-refractivity contribution in [3.8, 4) is 0 Å². The molecule has 0 aromatic rings. The molecule has 3 atom stereocenters. The van der Waals surface area contributed by atoms with Gasteiger partial charge >= 0.3 is 12.1 Å². The highest BCUT2D eigenvalue weighted by Crippen LogP contribution is 2.34. The van der Waals surface area contributed by atoms with Gasteiger partial charge in [0.1, 0.15) is 5.60 Å². The second-order valence-electron chi connectivity index (χ2n) is 5.43. The van der Waals surface area contributed by atoms with Gasteiger partial charge in [0.15, 0.2) is 6.04 Å². The number of ether oxygens (including phenoxy) is 2. The maximum absolute atomic E-state index is 12.0. The van der Waals surface area contributed by atoms with E-state index in [1.54, 1.807) is 20.8 Å². The smallest absolute Gasteiger partial charge is 0.411 e. The van der Waals surface area contributed by atoms with Crippen LogP contribution in [0.4, 0.5) is 4.79 Å². The number of likely N-dealkylation sites (tertiary alicyclic amines) is 1. The fourth-order valence-corrected chi connectivity index (χ4v) is 2.31. The number of nitrogens with zero attached hydrogens (tertiary/aromatic N) is 1. The van der Waals surface area contributed by atoms with E-state index in [0.717, 1.165) is 0 Å². The summed E-state index contributed by atoms with van der Waals surface area (Å²) in [7, 11) is 0. The molecule has 6 nitrogen and oxygen atoms in total. The molecular weight excluding hydrogens is 226 g/mol. The van der Waals surface area contributed by atoms with Crippen LogP contribution in [-0.4, -0.2) is 52.5 Å². The van der Waals surface area contributed by atoms with E-state index in [0.29, 0.717) is 13.0 Å². The first kappa shape index (κ1) is 12.2. The van der Waals surface area contributed by atoms with E-state index in [9.17, 15) is 9.59 Å². The number of carbonyl (C=O) groups excluding carboxylic acids is 1. The SMILES string of the molecule is CC(C)(C)OC(=O)N1[C@H]2CO[C@H](C2)[C@H]1C(=O)O. The Kier molecular flexibility index (Phi) is 2.77. The van der Waals surface area contributed by atoms with Crippen molar-refractivity contribution in [3.05, 3.63) is 0 Å². The number of aliphatic carboxylic acids is 1. The summed E-state index contributed by atoms with van der Waals surface area (Å²) in [5.74, 6) is -1.04. The number of carbonyl (C=O) groups is 2. The molecule has 2 bridgehead atoms. The van der Waals surface area contributed by atoms with Crippen LogP contribution in [-0.2, 0) is 14.3 Å². The Balaban J connectivity index is 2.14. The van der Waals surface area contributed by atoms with Crippen LogP contribution in [0, 0.1) is 0 Å². The molecule has 0 radical (unpaired) electrons. The van der Waals surface area contributed by atoms with Crippen molar-refractivity contribution in [3.63, 3.8) is 0 Å². The lowest BCUT2D eigenvalue weighted by Gasteiger charge is -2.33. The number of amides is 1. The average Bonchev–Trinajstić information content (AvgIpc) is 2.72. The topological polar surface area (TPSA) is 76.1 Å².